The van der Waals surface area contributed by atoms with Crippen LogP contribution in [0.25, 0.3) is 0 Å². The normalized spacial score (nSPS) is 20.1. The monoisotopic (exact) mass is 214 g/mol. The molecule has 0 heterocycles. The Morgan fingerprint density at radius 2 is 2.36 bits per heavy atom. The first-order chi connectivity index (χ1) is 6.73. The number of nitrogens with zero attached hydrogens (tertiary/aromatic N) is 1. The number of ether oxygens (including phenoxy) is 1. The zero-order valence-corrected chi connectivity index (χ0v) is 9.48. The molecule has 14 heavy (non-hydrogen) atoms. The summed E-state index contributed by atoms with van der Waals surface area (Å²) >= 11 is 1.77. The molecule has 0 amide bonds. The van der Waals surface area contributed by atoms with E-state index < -0.39 is 5.54 Å². The van der Waals surface area contributed by atoms with Crippen LogP contribution in [0, 0.1) is 17.2 Å². The Morgan fingerprint density at radius 3 is 2.86 bits per heavy atom. The molecule has 0 bridgehead atoms. The molecule has 1 rings (SSSR count). The van der Waals surface area contributed by atoms with E-state index in [1.165, 1.54) is 0 Å². The summed E-state index contributed by atoms with van der Waals surface area (Å²) in [5.41, 5.74) is 5.43. The predicted molar refractivity (Wildman–Crippen MR) is 59.1 cm³/mol. The summed E-state index contributed by atoms with van der Waals surface area (Å²) < 4.78 is 4.95. The Bertz CT molecular complexity index is 213. The van der Waals surface area contributed by atoms with Crippen LogP contribution in [0.3, 0.4) is 0 Å². The largest absolute Gasteiger partial charge is 0.385 e. The van der Waals surface area contributed by atoms with Crippen LogP contribution >= 0.6 is 11.8 Å². The maximum atomic E-state index is 8.99. The van der Waals surface area contributed by atoms with Gasteiger partial charge in [0.2, 0.25) is 0 Å². The highest BCUT2D eigenvalue weighted by molar-refractivity contribution is 7.99. The molecule has 4 heteroatoms. The Kier molecular flexibility index (Phi) is 4.73. The topological polar surface area (TPSA) is 59.0 Å². The van der Waals surface area contributed by atoms with Crippen molar-refractivity contribution in [2.24, 2.45) is 11.7 Å². The molecule has 1 aliphatic rings. The van der Waals surface area contributed by atoms with E-state index in [-0.39, 0.29) is 0 Å². The third-order valence-electron chi connectivity index (χ3n) is 2.49. The predicted octanol–water partition coefficient (Wildman–Crippen LogP) is 1.39. The number of nitriles is 1. The van der Waals surface area contributed by atoms with E-state index in [9.17, 15) is 0 Å². The smallest absolute Gasteiger partial charge is 0.116 e. The van der Waals surface area contributed by atoms with Crippen molar-refractivity contribution in [1.82, 2.24) is 0 Å². The summed E-state index contributed by atoms with van der Waals surface area (Å²) in [6.45, 7) is 0.792. The molecular formula is C10H18N2OS. The van der Waals surface area contributed by atoms with Gasteiger partial charge in [-0.15, -0.1) is 0 Å². The van der Waals surface area contributed by atoms with Crippen molar-refractivity contribution in [2.45, 2.75) is 24.8 Å². The lowest BCUT2D eigenvalue weighted by Gasteiger charge is -2.20. The van der Waals surface area contributed by atoms with Gasteiger partial charge in [0.15, 0.2) is 0 Å². The van der Waals surface area contributed by atoms with Gasteiger partial charge in [-0.2, -0.15) is 17.0 Å². The van der Waals surface area contributed by atoms with E-state index in [1.807, 2.05) is 0 Å². The van der Waals surface area contributed by atoms with Crippen molar-refractivity contribution in [2.75, 3.05) is 25.2 Å². The minimum Gasteiger partial charge on any atom is -0.385 e. The average Bonchev–Trinajstić information content (AvgIpc) is 3.01. The summed E-state index contributed by atoms with van der Waals surface area (Å²) in [5.74, 6) is 2.24. The molecule has 0 radical (unpaired) electrons. The first-order valence-electron chi connectivity index (χ1n) is 5.00. The summed E-state index contributed by atoms with van der Waals surface area (Å²) in [7, 11) is 1.71. The second-order valence-electron chi connectivity index (χ2n) is 3.83. The molecule has 80 valence electrons. The highest BCUT2D eigenvalue weighted by Crippen LogP contribution is 2.39. The Balaban J connectivity index is 2.12. The van der Waals surface area contributed by atoms with Crippen molar-refractivity contribution < 1.29 is 4.74 Å². The van der Waals surface area contributed by atoms with Crippen LogP contribution in [-0.2, 0) is 4.74 Å². The number of nitrogens with two attached hydrogens (primary N) is 1. The van der Waals surface area contributed by atoms with Crippen LogP contribution in [0.4, 0.5) is 0 Å². The summed E-state index contributed by atoms with van der Waals surface area (Å²) in [6.07, 6.45) is 3.29. The molecule has 1 aliphatic carbocycles. The van der Waals surface area contributed by atoms with Crippen LogP contribution in [0.5, 0.6) is 0 Å². The molecule has 0 saturated heterocycles. The van der Waals surface area contributed by atoms with E-state index in [2.05, 4.69) is 6.07 Å². The highest BCUT2D eigenvalue weighted by atomic mass is 32.2. The lowest BCUT2D eigenvalue weighted by molar-refractivity contribution is 0.200. The van der Waals surface area contributed by atoms with Crippen LogP contribution in [0.1, 0.15) is 19.3 Å². The number of rotatable bonds is 7. The molecule has 1 saturated carbocycles. The van der Waals surface area contributed by atoms with E-state index in [0.717, 1.165) is 37.4 Å². The van der Waals surface area contributed by atoms with Gasteiger partial charge < -0.3 is 10.5 Å². The molecule has 0 aromatic heterocycles. The molecule has 0 aromatic rings. The quantitative estimate of drug-likeness (QED) is 0.651. The minimum atomic E-state index is -0.572. The number of methoxy groups -OCH3 is 1. The van der Waals surface area contributed by atoms with Gasteiger partial charge in [0.05, 0.1) is 6.07 Å². The molecular weight excluding hydrogens is 196 g/mol. The molecule has 0 aromatic carbocycles. The fourth-order valence-electron chi connectivity index (χ4n) is 1.39. The third kappa shape index (κ3) is 3.49. The van der Waals surface area contributed by atoms with Crippen molar-refractivity contribution in [1.29, 1.82) is 5.26 Å². The number of hydrogen-bond acceptors (Lipinski definition) is 4. The van der Waals surface area contributed by atoms with Crippen LogP contribution in [0.15, 0.2) is 0 Å². The van der Waals surface area contributed by atoms with Gasteiger partial charge in [-0.25, -0.2) is 0 Å². The SMILES string of the molecule is COCCCSCC(N)(C#N)C1CC1. The fraction of sp³-hybridized carbons (Fsp3) is 0.900. The summed E-state index contributed by atoms with van der Waals surface area (Å²) in [5, 5.41) is 8.99. The molecule has 1 atom stereocenters. The molecule has 1 unspecified atom stereocenters. The molecule has 0 spiro atoms. The zero-order valence-electron chi connectivity index (χ0n) is 8.66. The maximum Gasteiger partial charge on any atom is 0.116 e. The first-order valence-corrected chi connectivity index (χ1v) is 6.15. The van der Waals surface area contributed by atoms with Gasteiger partial charge >= 0.3 is 0 Å². The van der Waals surface area contributed by atoms with Crippen LogP contribution < -0.4 is 5.73 Å². The van der Waals surface area contributed by atoms with Crippen LogP contribution in [-0.4, -0.2) is 30.8 Å². The summed E-state index contributed by atoms with van der Waals surface area (Å²) in [4.78, 5) is 0. The molecule has 2 N–H and O–H groups in total. The van der Waals surface area contributed by atoms with E-state index in [1.54, 1.807) is 18.9 Å². The van der Waals surface area contributed by atoms with Gasteiger partial charge in [0.25, 0.3) is 0 Å². The summed E-state index contributed by atoms with van der Waals surface area (Å²) in [6, 6.07) is 2.26. The van der Waals surface area contributed by atoms with Crippen molar-refractivity contribution in [3.63, 3.8) is 0 Å². The highest BCUT2D eigenvalue weighted by Gasteiger charge is 2.42. The average molecular weight is 214 g/mol. The minimum absolute atomic E-state index is 0.447. The molecule has 1 fully saturated rings. The standard InChI is InChI=1S/C10H18N2OS/c1-13-5-2-6-14-8-10(12,7-11)9-3-4-9/h9H,2-6,8,12H2,1H3. The van der Waals surface area contributed by atoms with E-state index >= 15 is 0 Å². The molecule has 0 aliphatic heterocycles. The first kappa shape index (κ1) is 11.8. The van der Waals surface area contributed by atoms with E-state index in [4.69, 9.17) is 15.7 Å². The number of hydrogen-bond donors (Lipinski definition) is 1. The molecule has 3 nitrogen and oxygen atoms in total. The van der Waals surface area contributed by atoms with Gasteiger partial charge in [0, 0.05) is 19.5 Å². The number of thioether (sulfide) groups is 1. The Labute approximate surface area is 90.0 Å². The van der Waals surface area contributed by atoms with Gasteiger partial charge in [-0.1, -0.05) is 0 Å². The van der Waals surface area contributed by atoms with Crippen molar-refractivity contribution in [3.05, 3.63) is 0 Å². The Hall–Kier alpha value is -0.240. The lowest BCUT2D eigenvalue weighted by atomic mass is 10.00. The zero-order chi connectivity index (χ0) is 10.4. The Morgan fingerprint density at radius 1 is 1.64 bits per heavy atom. The van der Waals surface area contributed by atoms with Gasteiger partial charge in [0.1, 0.15) is 5.54 Å². The second kappa shape index (κ2) is 5.59. The van der Waals surface area contributed by atoms with Gasteiger partial charge in [-0.05, 0) is 30.9 Å². The van der Waals surface area contributed by atoms with Crippen molar-refractivity contribution in [3.8, 4) is 6.07 Å². The van der Waals surface area contributed by atoms with Crippen molar-refractivity contribution >= 4 is 11.8 Å². The second-order valence-corrected chi connectivity index (χ2v) is 4.93. The lowest BCUT2D eigenvalue weighted by Crippen LogP contribution is -2.43. The fourth-order valence-corrected chi connectivity index (χ4v) is 2.49. The van der Waals surface area contributed by atoms with Gasteiger partial charge in [-0.3, -0.25) is 0 Å². The van der Waals surface area contributed by atoms with E-state index in [0.29, 0.717) is 5.92 Å². The third-order valence-corrected chi connectivity index (χ3v) is 3.75. The maximum absolute atomic E-state index is 8.99. The van der Waals surface area contributed by atoms with Crippen LogP contribution in [0.2, 0.25) is 0 Å².